The molecule has 192 valence electrons. The van der Waals surface area contributed by atoms with E-state index in [-0.39, 0.29) is 23.9 Å². The lowest BCUT2D eigenvalue weighted by atomic mass is 9.91. The van der Waals surface area contributed by atoms with Crippen molar-refractivity contribution in [3.05, 3.63) is 60.0 Å². The summed E-state index contributed by atoms with van der Waals surface area (Å²) >= 11 is 0. The number of nitrogen functional groups attached to an aromatic ring is 1. The number of hydrogen-bond donors (Lipinski definition) is 3. The average molecular weight is 509 g/mol. The van der Waals surface area contributed by atoms with Gasteiger partial charge in [-0.25, -0.2) is 19.6 Å². The summed E-state index contributed by atoms with van der Waals surface area (Å²) in [5.74, 6) is 5.53. The highest BCUT2D eigenvalue weighted by atomic mass is 16.2. The lowest BCUT2D eigenvalue weighted by molar-refractivity contribution is -0.116. The van der Waals surface area contributed by atoms with Gasteiger partial charge in [0.1, 0.15) is 23.7 Å². The number of anilines is 2. The van der Waals surface area contributed by atoms with Crippen LogP contribution in [0.4, 0.5) is 11.6 Å². The second kappa shape index (κ2) is 10.7. The normalized spacial score (nSPS) is 16.9. The first kappa shape index (κ1) is 24.9. The molecule has 0 spiro atoms. The number of fused-ring (bicyclic) bond motifs is 1. The lowest BCUT2D eigenvalue weighted by Gasteiger charge is -2.28. The lowest BCUT2D eigenvalue weighted by Crippen LogP contribution is -2.37. The number of carbonyl (C=O) groups excluding carboxylic acids is 2. The second-order valence-electron chi connectivity index (χ2n) is 9.35. The Balaban J connectivity index is 1.38. The van der Waals surface area contributed by atoms with E-state index in [9.17, 15) is 9.59 Å². The monoisotopic (exact) mass is 508 g/mol. The molecule has 0 unspecified atom stereocenters. The van der Waals surface area contributed by atoms with Crippen LogP contribution in [0, 0.1) is 18.8 Å². The largest absolute Gasteiger partial charge is 0.383 e. The maximum atomic E-state index is 12.7. The Morgan fingerprint density at radius 3 is 2.53 bits per heavy atom. The topological polar surface area (TPSA) is 141 Å². The van der Waals surface area contributed by atoms with Gasteiger partial charge in [-0.3, -0.25) is 9.59 Å². The van der Waals surface area contributed by atoms with E-state index in [2.05, 4.69) is 37.4 Å². The van der Waals surface area contributed by atoms with Crippen LogP contribution in [0.1, 0.15) is 54.6 Å². The fourth-order valence-corrected chi connectivity index (χ4v) is 4.82. The van der Waals surface area contributed by atoms with Crippen LogP contribution in [0.3, 0.4) is 0 Å². The number of rotatable bonds is 5. The summed E-state index contributed by atoms with van der Waals surface area (Å²) in [6, 6.07) is 11.1. The summed E-state index contributed by atoms with van der Waals surface area (Å²) < 4.78 is 1.93. The minimum atomic E-state index is -0.248. The van der Waals surface area contributed by atoms with E-state index in [1.165, 1.54) is 6.33 Å². The zero-order chi connectivity index (χ0) is 26.6. The number of nitrogens with one attached hydrogen (secondary N) is 2. The van der Waals surface area contributed by atoms with Gasteiger partial charge in [-0.05, 0) is 75.3 Å². The van der Waals surface area contributed by atoms with E-state index in [0.717, 1.165) is 36.8 Å². The third-order valence-corrected chi connectivity index (χ3v) is 6.71. The highest BCUT2D eigenvalue weighted by molar-refractivity contribution is 6.04. The molecule has 0 atom stereocenters. The van der Waals surface area contributed by atoms with Crippen LogP contribution >= 0.6 is 0 Å². The molecule has 10 heteroatoms. The van der Waals surface area contributed by atoms with Crippen molar-refractivity contribution in [3.8, 4) is 23.1 Å². The molecule has 1 saturated carbocycles. The number of nitrogens with two attached hydrogens (primary N) is 1. The van der Waals surface area contributed by atoms with Crippen LogP contribution in [-0.4, -0.2) is 42.6 Å². The molecule has 38 heavy (non-hydrogen) atoms. The highest BCUT2D eigenvalue weighted by Gasteiger charge is 2.27. The summed E-state index contributed by atoms with van der Waals surface area (Å²) in [5, 5.41) is 11.4. The number of aryl methyl sites for hydroxylation is 1. The number of aromatic nitrogens is 5. The Kier molecular flexibility index (Phi) is 7.00. The molecule has 3 aromatic heterocycles. The number of amides is 2. The van der Waals surface area contributed by atoms with Crippen molar-refractivity contribution in [2.24, 2.45) is 0 Å². The Labute approximate surface area is 220 Å². The maximum Gasteiger partial charge on any atom is 0.296 e. The minimum absolute atomic E-state index is 0.0919. The van der Waals surface area contributed by atoms with Crippen molar-refractivity contribution in [2.45, 2.75) is 51.6 Å². The molecule has 0 radical (unpaired) electrons. The van der Waals surface area contributed by atoms with Crippen LogP contribution in [0.15, 0.2) is 48.9 Å². The van der Waals surface area contributed by atoms with Crippen LogP contribution in [0.25, 0.3) is 22.3 Å². The van der Waals surface area contributed by atoms with Crippen molar-refractivity contribution in [3.63, 3.8) is 0 Å². The number of benzene rings is 1. The SMILES string of the molecule is CC#CC(=O)N[C@H]1CC[C@H](n2nc(-c3ccc(C(=O)Nc4cc(C)ccn4)cc3)c3c(N)ncnc32)CC1. The summed E-state index contributed by atoms with van der Waals surface area (Å²) in [6.07, 6.45) is 6.40. The minimum Gasteiger partial charge on any atom is -0.383 e. The summed E-state index contributed by atoms with van der Waals surface area (Å²) in [7, 11) is 0. The van der Waals surface area contributed by atoms with Gasteiger partial charge in [0, 0.05) is 23.4 Å². The molecule has 2 amide bonds. The quantitative estimate of drug-likeness (QED) is 0.349. The molecule has 1 fully saturated rings. The molecule has 1 aromatic carbocycles. The Morgan fingerprint density at radius 1 is 1.05 bits per heavy atom. The standard InChI is InChI=1S/C28H28N8O2/c1-3-4-23(37)33-20-9-11-21(12-10-20)36-27-24(26(29)31-16-32-27)25(35-36)18-5-7-19(8-6-18)28(38)34-22-15-17(2)13-14-30-22/h5-8,13-16,20-21H,9-12H2,1-2H3,(H,33,37)(H2,29,31,32)(H,30,34,38)/t20-,21-. The molecule has 4 N–H and O–H groups in total. The van der Waals surface area contributed by atoms with E-state index in [0.29, 0.717) is 33.9 Å². The maximum absolute atomic E-state index is 12.7. The fraction of sp³-hybridized carbons (Fsp3) is 0.286. The van der Waals surface area contributed by atoms with Gasteiger partial charge in [0.25, 0.3) is 11.8 Å². The van der Waals surface area contributed by atoms with Crippen LogP contribution in [0.2, 0.25) is 0 Å². The van der Waals surface area contributed by atoms with Gasteiger partial charge in [-0.1, -0.05) is 18.1 Å². The van der Waals surface area contributed by atoms with Crippen molar-refractivity contribution in [2.75, 3.05) is 11.1 Å². The zero-order valence-corrected chi connectivity index (χ0v) is 21.2. The van der Waals surface area contributed by atoms with Gasteiger partial charge in [0.05, 0.1) is 11.4 Å². The fourth-order valence-electron chi connectivity index (χ4n) is 4.82. The molecule has 4 aromatic rings. The van der Waals surface area contributed by atoms with Crippen LogP contribution in [0.5, 0.6) is 0 Å². The van der Waals surface area contributed by atoms with Crippen molar-refractivity contribution < 1.29 is 9.59 Å². The van der Waals surface area contributed by atoms with Crippen molar-refractivity contribution >= 4 is 34.5 Å². The number of nitrogens with zero attached hydrogens (tertiary/aromatic N) is 5. The van der Waals surface area contributed by atoms with Crippen molar-refractivity contribution in [1.29, 1.82) is 0 Å². The van der Waals surface area contributed by atoms with Gasteiger partial charge < -0.3 is 16.4 Å². The molecule has 5 rings (SSSR count). The molecular weight excluding hydrogens is 480 g/mol. The molecule has 0 aliphatic heterocycles. The molecular formula is C28H28N8O2. The first-order chi connectivity index (χ1) is 18.4. The summed E-state index contributed by atoms with van der Waals surface area (Å²) in [6.45, 7) is 3.59. The van der Waals surface area contributed by atoms with E-state index in [1.54, 1.807) is 25.3 Å². The predicted molar refractivity (Wildman–Crippen MR) is 145 cm³/mol. The smallest absolute Gasteiger partial charge is 0.296 e. The Morgan fingerprint density at radius 2 is 1.82 bits per heavy atom. The molecule has 10 nitrogen and oxygen atoms in total. The molecule has 0 bridgehead atoms. The number of hydrogen-bond acceptors (Lipinski definition) is 7. The first-order valence-electron chi connectivity index (χ1n) is 12.5. The predicted octanol–water partition coefficient (Wildman–Crippen LogP) is 3.65. The van der Waals surface area contributed by atoms with Crippen molar-refractivity contribution in [1.82, 2.24) is 30.0 Å². The average Bonchev–Trinajstić information content (AvgIpc) is 3.30. The number of pyridine rings is 1. The third-order valence-electron chi connectivity index (χ3n) is 6.71. The van der Waals surface area contributed by atoms with E-state index < -0.39 is 0 Å². The zero-order valence-electron chi connectivity index (χ0n) is 21.2. The van der Waals surface area contributed by atoms with Crippen LogP contribution < -0.4 is 16.4 Å². The van der Waals surface area contributed by atoms with E-state index >= 15 is 0 Å². The second-order valence-corrected chi connectivity index (χ2v) is 9.35. The molecule has 1 aliphatic carbocycles. The third kappa shape index (κ3) is 5.18. The van der Waals surface area contributed by atoms with E-state index in [4.69, 9.17) is 10.8 Å². The van der Waals surface area contributed by atoms with E-state index in [1.807, 2.05) is 35.9 Å². The van der Waals surface area contributed by atoms with Gasteiger partial charge in [0.2, 0.25) is 0 Å². The molecule has 0 saturated heterocycles. The molecule has 1 aliphatic rings. The molecule has 3 heterocycles. The van der Waals surface area contributed by atoms with Crippen LogP contribution in [-0.2, 0) is 4.79 Å². The van der Waals surface area contributed by atoms with Gasteiger partial charge in [0.15, 0.2) is 5.65 Å². The van der Waals surface area contributed by atoms with Gasteiger partial charge in [-0.15, -0.1) is 0 Å². The summed E-state index contributed by atoms with van der Waals surface area (Å²) in [5.41, 5.74) is 9.93. The Hall–Kier alpha value is -4.78. The van der Waals surface area contributed by atoms with Gasteiger partial charge in [-0.2, -0.15) is 5.10 Å². The number of carbonyl (C=O) groups is 2. The summed E-state index contributed by atoms with van der Waals surface area (Å²) in [4.78, 5) is 37.5. The highest BCUT2D eigenvalue weighted by Crippen LogP contribution is 2.36. The Bertz CT molecular complexity index is 1560. The van der Waals surface area contributed by atoms with Gasteiger partial charge >= 0.3 is 0 Å². The first-order valence-corrected chi connectivity index (χ1v) is 12.5.